The lowest BCUT2D eigenvalue weighted by atomic mass is 10.1. The van der Waals surface area contributed by atoms with Crippen LogP contribution < -0.4 is 5.32 Å². The van der Waals surface area contributed by atoms with E-state index < -0.39 is 0 Å². The van der Waals surface area contributed by atoms with Crippen molar-refractivity contribution in [2.75, 3.05) is 6.54 Å². The molecule has 1 atom stereocenters. The molecule has 0 aliphatic heterocycles. The van der Waals surface area contributed by atoms with Gasteiger partial charge in [-0.05, 0) is 47.6 Å². The van der Waals surface area contributed by atoms with E-state index in [0.29, 0.717) is 0 Å². The lowest BCUT2D eigenvalue weighted by Gasteiger charge is -2.14. The van der Waals surface area contributed by atoms with E-state index in [1.807, 2.05) is 25.1 Å². The number of nitrogens with one attached hydrogen (secondary N) is 1. The molecule has 1 N–H and O–H groups in total. The van der Waals surface area contributed by atoms with E-state index in [1.54, 1.807) is 6.26 Å². The van der Waals surface area contributed by atoms with Crippen LogP contribution in [0.25, 0.3) is 0 Å². The maximum absolute atomic E-state index is 5.65. The van der Waals surface area contributed by atoms with Crippen LogP contribution in [0.1, 0.15) is 30.0 Å². The smallest absolute Gasteiger partial charge is 0.174 e. The standard InChI is InChI=1S/C12H14BrNO2/c1-3-14-11(9-6-7-15-12(9)13)10-5-4-8(2)16-10/h4-7,11,14H,3H2,1-2H3. The molecule has 4 heteroatoms. The zero-order valence-corrected chi connectivity index (χ0v) is 10.9. The Hall–Kier alpha value is -1.00. The van der Waals surface area contributed by atoms with Crippen LogP contribution in [0.4, 0.5) is 0 Å². The first-order valence-corrected chi connectivity index (χ1v) is 6.04. The first-order chi connectivity index (χ1) is 7.72. The van der Waals surface area contributed by atoms with E-state index in [0.717, 1.165) is 28.3 Å². The van der Waals surface area contributed by atoms with E-state index in [4.69, 9.17) is 8.83 Å². The molecule has 0 saturated carbocycles. The van der Waals surface area contributed by atoms with Crippen molar-refractivity contribution in [3.8, 4) is 0 Å². The molecule has 2 rings (SSSR count). The van der Waals surface area contributed by atoms with E-state index in [1.165, 1.54) is 0 Å². The zero-order chi connectivity index (χ0) is 11.5. The Bertz CT molecular complexity index is 461. The topological polar surface area (TPSA) is 38.3 Å². The van der Waals surface area contributed by atoms with Crippen molar-refractivity contribution in [3.05, 3.63) is 46.2 Å². The van der Waals surface area contributed by atoms with Gasteiger partial charge >= 0.3 is 0 Å². The van der Waals surface area contributed by atoms with Crippen LogP contribution in [0.2, 0.25) is 0 Å². The van der Waals surface area contributed by atoms with E-state index in [-0.39, 0.29) is 6.04 Å². The number of aryl methyl sites for hydroxylation is 1. The van der Waals surface area contributed by atoms with E-state index >= 15 is 0 Å². The minimum atomic E-state index is 0.0341. The van der Waals surface area contributed by atoms with Gasteiger partial charge in [-0.15, -0.1) is 0 Å². The molecule has 1 unspecified atom stereocenters. The van der Waals surface area contributed by atoms with Crippen LogP contribution >= 0.6 is 15.9 Å². The zero-order valence-electron chi connectivity index (χ0n) is 9.29. The second-order valence-electron chi connectivity index (χ2n) is 3.59. The van der Waals surface area contributed by atoms with Gasteiger partial charge in [0.25, 0.3) is 0 Å². The molecular weight excluding hydrogens is 270 g/mol. The highest BCUT2D eigenvalue weighted by atomic mass is 79.9. The average molecular weight is 284 g/mol. The van der Waals surface area contributed by atoms with Crippen molar-refractivity contribution < 1.29 is 8.83 Å². The fraction of sp³-hybridized carbons (Fsp3) is 0.333. The predicted octanol–water partition coefficient (Wildman–Crippen LogP) is 3.64. The maximum Gasteiger partial charge on any atom is 0.174 e. The van der Waals surface area contributed by atoms with Gasteiger partial charge < -0.3 is 14.2 Å². The van der Waals surface area contributed by atoms with Crippen molar-refractivity contribution in [1.29, 1.82) is 0 Å². The number of hydrogen-bond donors (Lipinski definition) is 1. The van der Waals surface area contributed by atoms with Crippen molar-refractivity contribution >= 4 is 15.9 Å². The Morgan fingerprint density at radius 2 is 2.19 bits per heavy atom. The molecule has 0 fully saturated rings. The number of furan rings is 2. The van der Waals surface area contributed by atoms with Crippen molar-refractivity contribution in [2.24, 2.45) is 0 Å². The molecule has 0 aliphatic rings. The van der Waals surface area contributed by atoms with Gasteiger partial charge in [0.2, 0.25) is 0 Å². The van der Waals surface area contributed by atoms with E-state index in [2.05, 4.69) is 28.2 Å². The minimum Gasteiger partial charge on any atom is -0.464 e. The number of hydrogen-bond acceptors (Lipinski definition) is 3. The van der Waals surface area contributed by atoms with Gasteiger partial charge in [-0.25, -0.2) is 0 Å². The molecule has 2 aromatic heterocycles. The third-order valence-corrected chi connectivity index (χ3v) is 3.06. The summed E-state index contributed by atoms with van der Waals surface area (Å²) in [5, 5.41) is 3.37. The molecule has 2 heterocycles. The van der Waals surface area contributed by atoms with Gasteiger partial charge in [-0.3, -0.25) is 0 Å². The monoisotopic (exact) mass is 283 g/mol. The predicted molar refractivity (Wildman–Crippen MR) is 65.4 cm³/mol. The van der Waals surface area contributed by atoms with Gasteiger partial charge in [-0.1, -0.05) is 6.92 Å². The molecule has 2 aromatic rings. The lowest BCUT2D eigenvalue weighted by Crippen LogP contribution is -2.21. The fourth-order valence-electron chi connectivity index (χ4n) is 1.69. The summed E-state index contributed by atoms with van der Waals surface area (Å²) in [5.41, 5.74) is 1.05. The third-order valence-electron chi connectivity index (χ3n) is 2.41. The molecule has 0 aliphatic carbocycles. The van der Waals surface area contributed by atoms with Crippen LogP contribution in [0.15, 0.2) is 38.0 Å². The molecule has 0 spiro atoms. The van der Waals surface area contributed by atoms with Crippen molar-refractivity contribution in [3.63, 3.8) is 0 Å². The summed E-state index contributed by atoms with van der Waals surface area (Å²) < 4.78 is 11.7. The molecule has 0 radical (unpaired) electrons. The number of rotatable bonds is 4. The summed E-state index contributed by atoms with van der Waals surface area (Å²) in [6.45, 7) is 4.87. The van der Waals surface area contributed by atoms with E-state index in [9.17, 15) is 0 Å². The Morgan fingerprint density at radius 1 is 1.38 bits per heavy atom. The third kappa shape index (κ3) is 2.23. The first kappa shape index (κ1) is 11.5. The molecule has 0 amide bonds. The van der Waals surface area contributed by atoms with Crippen LogP contribution in [0.3, 0.4) is 0 Å². The summed E-state index contributed by atoms with van der Waals surface area (Å²) in [6.07, 6.45) is 1.67. The van der Waals surface area contributed by atoms with Gasteiger partial charge in [0, 0.05) is 5.56 Å². The van der Waals surface area contributed by atoms with Crippen LogP contribution in [0.5, 0.6) is 0 Å². The van der Waals surface area contributed by atoms with Gasteiger partial charge in [0.1, 0.15) is 11.5 Å². The van der Waals surface area contributed by atoms with Crippen LogP contribution in [-0.4, -0.2) is 6.54 Å². The number of halogens is 1. The highest BCUT2D eigenvalue weighted by molar-refractivity contribution is 9.10. The molecule has 16 heavy (non-hydrogen) atoms. The quantitative estimate of drug-likeness (QED) is 0.931. The fourth-order valence-corrected chi connectivity index (χ4v) is 2.16. The SMILES string of the molecule is CCNC(c1ccc(C)o1)c1ccoc1Br. The molecule has 0 aromatic carbocycles. The Balaban J connectivity index is 2.34. The highest BCUT2D eigenvalue weighted by Gasteiger charge is 2.20. The lowest BCUT2D eigenvalue weighted by molar-refractivity contribution is 0.430. The summed E-state index contributed by atoms with van der Waals surface area (Å²) in [5.74, 6) is 1.82. The molecule has 3 nitrogen and oxygen atoms in total. The maximum atomic E-state index is 5.65. The van der Waals surface area contributed by atoms with Gasteiger partial charge in [-0.2, -0.15) is 0 Å². The highest BCUT2D eigenvalue weighted by Crippen LogP contribution is 2.30. The second-order valence-corrected chi connectivity index (χ2v) is 4.31. The van der Waals surface area contributed by atoms with Crippen LogP contribution in [0, 0.1) is 6.92 Å². The van der Waals surface area contributed by atoms with Gasteiger partial charge in [0.05, 0.1) is 12.3 Å². The molecular formula is C12H14BrNO2. The Morgan fingerprint density at radius 3 is 2.69 bits per heavy atom. The Labute approximate surface area is 103 Å². The summed E-state index contributed by atoms with van der Waals surface area (Å²) in [4.78, 5) is 0. The summed E-state index contributed by atoms with van der Waals surface area (Å²) in [7, 11) is 0. The summed E-state index contributed by atoms with van der Waals surface area (Å²) in [6, 6.07) is 5.93. The molecule has 0 bridgehead atoms. The molecule has 86 valence electrons. The summed E-state index contributed by atoms with van der Waals surface area (Å²) >= 11 is 3.39. The largest absolute Gasteiger partial charge is 0.464 e. The van der Waals surface area contributed by atoms with Crippen molar-refractivity contribution in [1.82, 2.24) is 5.32 Å². The normalized spacial score (nSPS) is 12.9. The minimum absolute atomic E-state index is 0.0341. The van der Waals surface area contributed by atoms with Crippen molar-refractivity contribution in [2.45, 2.75) is 19.9 Å². The van der Waals surface area contributed by atoms with Crippen LogP contribution in [-0.2, 0) is 0 Å². The first-order valence-electron chi connectivity index (χ1n) is 5.25. The second kappa shape index (κ2) is 4.89. The average Bonchev–Trinajstić information content (AvgIpc) is 2.84. The molecule has 0 saturated heterocycles. The Kier molecular flexibility index (Phi) is 3.51. The van der Waals surface area contributed by atoms with Gasteiger partial charge in [0.15, 0.2) is 4.67 Å².